The predicted molar refractivity (Wildman–Crippen MR) is 106 cm³/mol. The highest BCUT2D eigenvalue weighted by Gasteiger charge is 2.18. The fourth-order valence-corrected chi connectivity index (χ4v) is 2.48. The topological polar surface area (TPSA) is 55.8 Å². The summed E-state index contributed by atoms with van der Waals surface area (Å²) >= 11 is 0. The van der Waals surface area contributed by atoms with Gasteiger partial charge in [0.25, 0.3) is 5.91 Å². The van der Waals surface area contributed by atoms with Crippen molar-refractivity contribution in [2.24, 2.45) is 0 Å². The minimum absolute atomic E-state index is 0.156. The van der Waals surface area contributed by atoms with Crippen molar-refractivity contribution >= 4 is 17.8 Å². The Hall–Kier alpha value is -3.15. The van der Waals surface area contributed by atoms with Gasteiger partial charge < -0.3 is 14.4 Å². The zero-order chi connectivity index (χ0) is 20.7. The molecule has 0 radical (unpaired) electrons. The van der Waals surface area contributed by atoms with Crippen molar-refractivity contribution in [3.63, 3.8) is 0 Å². The molecule has 28 heavy (non-hydrogen) atoms. The quantitative estimate of drug-likeness (QED) is 0.510. The van der Waals surface area contributed by atoms with Gasteiger partial charge in [-0.15, -0.1) is 0 Å². The second kappa shape index (κ2) is 9.69. The molecule has 1 atom stereocenters. The van der Waals surface area contributed by atoms with Crippen LogP contribution >= 0.6 is 0 Å². The number of hydrogen-bond acceptors (Lipinski definition) is 4. The first-order valence-corrected chi connectivity index (χ1v) is 8.94. The Bertz CT molecular complexity index is 859. The smallest absolute Gasteiger partial charge is 0.262 e. The number of ketones is 1. The van der Waals surface area contributed by atoms with E-state index in [2.05, 4.69) is 0 Å². The molecule has 0 aromatic heterocycles. The Morgan fingerprint density at radius 2 is 1.79 bits per heavy atom. The molecule has 0 aliphatic heterocycles. The highest BCUT2D eigenvalue weighted by Crippen LogP contribution is 2.30. The van der Waals surface area contributed by atoms with Crippen molar-refractivity contribution in [1.29, 1.82) is 0 Å². The zero-order valence-corrected chi connectivity index (χ0v) is 16.4. The van der Waals surface area contributed by atoms with Crippen LogP contribution in [0.4, 0.5) is 4.39 Å². The molecule has 0 heterocycles. The molecular weight excluding hydrogens is 361 g/mol. The number of carbonyl (C=O) groups is 2. The summed E-state index contributed by atoms with van der Waals surface area (Å²) in [6.45, 7) is 3.94. The van der Waals surface area contributed by atoms with Crippen molar-refractivity contribution in [1.82, 2.24) is 4.90 Å². The minimum Gasteiger partial charge on any atom is -0.490 e. The number of carbonyl (C=O) groups excluding carboxylic acids is 2. The molecule has 0 spiro atoms. The van der Waals surface area contributed by atoms with Gasteiger partial charge in [-0.1, -0.05) is 12.1 Å². The maximum absolute atomic E-state index is 13.0. The van der Waals surface area contributed by atoms with E-state index in [-0.39, 0.29) is 17.5 Å². The summed E-state index contributed by atoms with van der Waals surface area (Å²) in [6.07, 6.45) is 2.40. The van der Waals surface area contributed by atoms with Crippen molar-refractivity contribution < 1.29 is 23.5 Å². The average Bonchev–Trinajstić information content (AvgIpc) is 2.67. The van der Waals surface area contributed by atoms with Crippen LogP contribution in [0.2, 0.25) is 0 Å². The molecule has 5 nitrogen and oxygen atoms in total. The summed E-state index contributed by atoms with van der Waals surface area (Å²) in [5, 5.41) is 0. The standard InChI is InChI=1S/C22H24FNO4/c1-5-27-21-14-16(6-12-19(25)17-8-10-18(23)11-9-17)7-13-20(21)28-15(2)22(26)24(3)4/h6-15H,5H2,1-4H3/b12-6+/t15-/m1/s1. The number of benzene rings is 2. The van der Waals surface area contributed by atoms with Gasteiger partial charge in [-0.3, -0.25) is 9.59 Å². The second-order valence-electron chi connectivity index (χ2n) is 6.34. The van der Waals surface area contributed by atoms with Gasteiger partial charge in [-0.25, -0.2) is 4.39 Å². The second-order valence-corrected chi connectivity index (χ2v) is 6.34. The maximum atomic E-state index is 13.0. The van der Waals surface area contributed by atoms with Crippen LogP contribution in [0.15, 0.2) is 48.5 Å². The van der Waals surface area contributed by atoms with Crippen LogP contribution in [0.3, 0.4) is 0 Å². The summed E-state index contributed by atoms with van der Waals surface area (Å²) < 4.78 is 24.3. The van der Waals surface area contributed by atoms with Crippen LogP contribution in [0.5, 0.6) is 11.5 Å². The van der Waals surface area contributed by atoms with Gasteiger partial charge in [0.2, 0.25) is 0 Å². The van der Waals surface area contributed by atoms with E-state index < -0.39 is 6.10 Å². The summed E-state index contributed by atoms with van der Waals surface area (Å²) in [6, 6.07) is 10.6. The van der Waals surface area contributed by atoms with Gasteiger partial charge in [-0.2, -0.15) is 0 Å². The molecule has 2 aromatic carbocycles. The van der Waals surface area contributed by atoms with E-state index in [1.165, 1.54) is 35.2 Å². The number of hydrogen-bond donors (Lipinski definition) is 0. The van der Waals surface area contributed by atoms with E-state index in [4.69, 9.17) is 9.47 Å². The van der Waals surface area contributed by atoms with Crippen LogP contribution in [0.1, 0.15) is 29.8 Å². The highest BCUT2D eigenvalue weighted by molar-refractivity contribution is 6.06. The highest BCUT2D eigenvalue weighted by atomic mass is 19.1. The Labute approximate surface area is 164 Å². The number of nitrogens with zero attached hydrogens (tertiary/aromatic N) is 1. The first-order chi connectivity index (χ1) is 13.3. The number of halogens is 1. The van der Waals surface area contributed by atoms with Crippen LogP contribution in [-0.4, -0.2) is 43.4 Å². The summed E-state index contributed by atoms with van der Waals surface area (Å²) in [4.78, 5) is 25.6. The molecule has 0 saturated carbocycles. The molecule has 0 N–H and O–H groups in total. The van der Waals surface area contributed by atoms with Gasteiger partial charge in [0.15, 0.2) is 23.4 Å². The van der Waals surface area contributed by atoms with Gasteiger partial charge in [0.1, 0.15) is 5.82 Å². The lowest BCUT2D eigenvalue weighted by Gasteiger charge is -2.20. The third kappa shape index (κ3) is 5.67. The molecule has 0 fully saturated rings. The summed E-state index contributed by atoms with van der Waals surface area (Å²) in [7, 11) is 3.33. The minimum atomic E-state index is -0.657. The molecule has 0 unspecified atom stereocenters. The third-order valence-corrected chi connectivity index (χ3v) is 3.92. The van der Waals surface area contributed by atoms with Crippen molar-refractivity contribution in [3.05, 3.63) is 65.5 Å². The van der Waals surface area contributed by atoms with Crippen molar-refractivity contribution in [2.45, 2.75) is 20.0 Å². The summed E-state index contributed by atoms with van der Waals surface area (Å²) in [5.41, 5.74) is 1.14. The number of allylic oxidation sites excluding steroid dienone is 1. The van der Waals surface area contributed by atoms with Gasteiger partial charge >= 0.3 is 0 Å². The molecular formula is C22H24FNO4. The van der Waals surface area contributed by atoms with E-state index in [9.17, 15) is 14.0 Å². The van der Waals surface area contributed by atoms with E-state index in [0.717, 1.165) is 5.56 Å². The fourth-order valence-electron chi connectivity index (χ4n) is 2.48. The molecule has 148 valence electrons. The number of likely N-dealkylation sites (N-methyl/N-ethyl adjacent to an activating group) is 1. The third-order valence-electron chi connectivity index (χ3n) is 3.92. The van der Waals surface area contributed by atoms with Gasteiger partial charge in [0, 0.05) is 19.7 Å². The van der Waals surface area contributed by atoms with E-state index in [1.807, 2.05) is 6.92 Å². The summed E-state index contributed by atoms with van der Waals surface area (Å²) in [5.74, 6) is 0.156. The Morgan fingerprint density at radius 1 is 1.11 bits per heavy atom. The van der Waals surface area contributed by atoms with Gasteiger partial charge in [0.05, 0.1) is 6.61 Å². The molecule has 6 heteroatoms. The Kier molecular flexibility index (Phi) is 7.32. The molecule has 0 bridgehead atoms. The first-order valence-electron chi connectivity index (χ1n) is 8.94. The normalized spacial score (nSPS) is 11.9. The molecule has 0 aliphatic rings. The first kappa shape index (κ1) is 21.2. The number of ether oxygens (including phenoxy) is 2. The van der Waals surface area contributed by atoms with E-state index >= 15 is 0 Å². The van der Waals surface area contributed by atoms with Crippen molar-refractivity contribution in [3.8, 4) is 11.5 Å². The number of amides is 1. The van der Waals surface area contributed by atoms with Crippen LogP contribution in [-0.2, 0) is 4.79 Å². The Balaban J connectivity index is 2.17. The SMILES string of the molecule is CCOc1cc(/C=C/C(=O)c2ccc(F)cc2)ccc1O[C@H](C)C(=O)N(C)C. The molecule has 1 amide bonds. The van der Waals surface area contributed by atoms with Crippen molar-refractivity contribution in [2.75, 3.05) is 20.7 Å². The number of rotatable bonds is 8. The monoisotopic (exact) mass is 385 g/mol. The van der Waals surface area contributed by atoms with E-state index in [1.54, 1.807) is 45.3 Å². The average molecular weight is 385 g/mol. The molecule has 0 saturated heterocycles. The molecule has 2 aromatic rings. The Morgan fingerprint density at radius 3 is 2.39 bits per heavy atom. The van der Waals surface area contributed by atoms with Crippen LogP contribution in [0.25, 0.3) is 6.08 Å². The zero-order valence-electron chi connectivity index (χ0n) is 16.4. The largest absolute Gasteiger partial charge is 0.490 e. The van der Waals surface area contributed by atoms with E-state index in [0.29, 0.717) is 23.7 Å². The maximum Gasteiger partial charge on any atom is 0.262 e. The lowest BCUT2D eigenvalue weighted by atomic mass is 10.1. The van der Waals surface area contributed by atoms with Crippen LogP contribution in [0, 0.1) is 5.82 Å². The predicted octanol–water partition coefficient (Wildman–Crippen LogP) is 3.98. The molecule has 0 aliphatic carbocycles. The lowest BCUT2D eigenvalue weighted by molar-refractivity contribution is -0.135. The van der Waals surface area contributed by atoms with Gasteiger partial charge in [-0.05, 0) is 61.9 Å². The fraction of sp³-hybridized carbons (Fsp3) is 0.273. The molecule has 2 rings (SSSR count). The lowest BCUT2D eigenvalue weighted by Crippen LogP contribution is -2.35. The van der Waals surface area contributed by atoms with Crippen LogP contribution < -0.4 is 9.47 Å².